The minimum atomic E-state index is 0.338. The molecule has 186 valence electrons. The van der Waals surface area contributed by atoms with Gasteiger partial charge in [0.1, 0.15) is 5.75 Å². The number of carbonyl (C=O) groups excluding carboxylic acids is 1. The summed E-state index contributed by atoms with van der Waals surface area (Å²) in [6.45, 7) is 6.74. The maximum atomic E-state index is 11.8. The molecule has 1 aliphatic carbocycles. The number of amides is 1. The Balaban J connectivity index is 1.15. The van der Waals surface area contributed by atoms with E-state index in [0.717, 1.165) is 111 Å². The molecule has 5 rings (SSSR count). The van der Waals surface area contributed by atoms with E-state index < -0.39 is 0 Å². The zero-order valence-corrected chi connectivity index (χ0v) is 20.9. The highest BCUT2D eigenvalue weighted by Crippen LogP contribution is 2.35. The largest absolute Gasteiger partial charge is 0.493 e. The van der Waals surface area contributed by atoms with Gasteiger partial charge in [0.2, 0.25) is 5.91 Å². The monoisotopic (exact) mass is 468 g/mol. The Labute approximate surface area is 203 Å². The number of aryl methyl sites for hydroxylation is 1. The fourth-order valence-electron chi connectivity index (χ4n) is 5.41. The lowest BCUT2D eigenvalue weighted by molar-refractivity contribution is -0.127. The topological polar surface area (TPSA) is 62.1 Å². The zero-order chi connectivity index (χ0) is 23.5. The summed E-state index contributed by atoms with van der Waals surface area (Å²) < 4.78 is 12.1. The minimum absolute atomic E-state index is 0.338. The summed E-state index contributed by atoms with van der Waals surface area (Å²) in [5.74, 6) is 2.74. The Morgan fingerprint density at radius 1 is 1.09 bits per heavy atom. The molecule has 2 saturated heterocycles. The zero-order valence-electron chi connectivity index (χ0n) is 20.9. The van der Waals surface area contributed by atoms with Gasteiger partial charge in [-0.3, -0.25) is 4.79 Å². The molecule has 7 heteroatoms. The Kier molecular flexibility index (Phi) is 7.40. The van der Waals surface area contributed by atoms with Crippen molar-refractivity contribution in [3.63, 3.8) is 0 Å². The number of nitrogens with zero attached hydrogens (tertiary/aromatic N) is 4. The van der Waals surface area contributed by atoms with E-state index in [0.29, 0.717) is 5.91 Å². The molecule has 1 aromatic heterocycles. The number of hydrogen-bond donors (Lipinski definition) is 0. The maximum absolute atomic E-state index is 11.8. The molecule has 2 aliphatic heterocycles. The molecule has 2 aromatic rings. The van der Waals surface area contributed by atoms with Gasteiger partial charge in [0.25, 0.3) is 0 Å². The van der Waals surface area contributed by atoms with Gasteiger partial charge in [0, 0.05) is 38.0 Å². The molecule has 0 radical (unpaired) electrons. The molecule has 3 heterocycles. The van der Waals surface area contributed by atoms with E-state index in [1.54, 1.807) is 0 Å². The summed E-state index contributed by atoms with van der Waals surface area (Å²) >= 11 is 0. The summed E-state index contributed by atoms with van der Waals surface area (Å²) in [5.41, 5.74) is 3.09. The van der Waals surface area contributed by atoms with E-state index in [4.69, 9.17) is 9.26 Å². The predicted molar refractivity (Wildman–Crippen MR) is 133 cm³/mol. The number of benzene rings is 1. The van der Waals surface area contributed by atoms with Gasteiger partial charge in [0.15, 0.2) is 5.58 Å². The molecule has 0 atom stereocenters. The van der Waals surface area contributed by atoms with Crippen LogP contribution in [0, 0.1) is 11.8 Å². The Hall–Kier alpha value is -2.12. The lowest BCUT2D eigenvalue weighted by atomic mass is 9.91. The molecule has 3 aliphatic rings. The second-order valence-electron chi connectivity index (χ2n) is 10.8. The summed E-state index contributed by atoms with van der Waals surface area (Å²) in [7, 11) is 4.16. The molecule has 7 nitrogen and oxygen atoms in total. The van der Waals surface area contributed by atoms with E-state index in [-0.39, 0.29) is 0 Å². The van der Waals surface area contributed by atoms with Crippen LogP contribution in [0.15, 0.2) is 16.7 Å². The summed E-state index contributed by atoms with van der Waals surface area (Å²) in [4.78, 5) is 18.6. The van der Waals surface area contributed by atoms with Crippen LogP contribution in [0.25, 0.3) is 11.0 Å². The fraction of sp³-hybridized carbons (Fsp3) is 0.704. The first-order valence-corrected chi connectivity index (χ1v) is 13.2. The van der Waals surface area contributed by atoms with Gasteiger partial charge in [-0.1, -0.05) is 5.16 Å². The standard InChI is InChI=1S/C27H40N4O3/c1-29(2)18-23-25(33-19-21-5-6-21)10-8-22-24(28-34-27(22)23)9-7-20-11-14-30(15-12-20)16-17-31-13-3-4-26(31)32/h8,10,20-21H,3-7,9,11-19H2,1-2H3. The highest BCUT2D eigenvalue weighted by molar-refractivity contribution is 5.84. The van der Waals surface area contributed by atoms with Crippen molar-refractivity contribution in [3.05, 3.63) is 23.4 Å². The van der Waals surface area contributed by atoms with E-state index in [9.17, 15) is 4.79 Å². The maximum Gasteiger partial charge on any atom is 0.222 e. The van der Waals surface area contributed by atoms with Gasteiger partial charge in [-0.2, -0.15) is 0 Å². The van der Waals surface area contributed by atoms with Gasteiger partial charge in [0.05, 0.1) is 17.9 Å². The molecule has 0 unspecified atom stereocenters. The first-order chi connectivity index (χ1) is 16.6. The predicted octanol–water partition coefficient (Wildman–Crippen LogP) is 3.95. The SMILES string of the molecule is CN(C)Cc1c(OCC2CC2)ccc2c(CCC3CCN(CCN4CCCC4=O)CC3)noc12. The fourth-order valence-corrected chi connectivity index (χ4v) is 5.41. The van der Waals surface area contributed by atoms with Crippen molar-refractivity contribution in [2.45, 2.75) is 57.9 Å². The van der Waals surface area contributed by atoms with E-state index in [1.807, 2.05) is 4.90 Å². The number of fused-ring (bicyclic) bond motifs is 1. The van der Waals surface area contributed by atoms with Crippen LogP contribution in [-0.2, 0) is 17.8 Å². The van der Waals surface area contributed by atoms with Crippen molar-refractivity contribution in [2.24, 2.45) is 11.8 Å². The van der Waals surface area contributed by atoms with Gasteiger partial charge in [-0.25, -0.2) is 0 Å². The number of likely N-dealkylation sites (tertiary alicyclic amines) is 2. The number of ether oxygens (including phenoxy) is 1. The average Bonchev–Trinajstić information content (AvgIpc) is 3.43. The number of hydrogen-bond acceptors (Lipinski definition) is 6. The van der Waals surface area contributed by atoms with Crippen molar-refractivity contribution in [2.75, 3.05) is 53.4 Å². The molecule has 1 aromatic carbocycles. The van der Waals surface area contributed by atoms with Gasteiger partial charge in [-0.05, 0) is 96.1 Å². The second kappa shape index (κ2) is 10.6. The summed E-state index contributed by atoms with van der Waals surface area (Å²) in [6.07, 6.45) is 8.92. The molecule has 1 amide bonds. The Morgan fingerprint density at radius 3 is 2.62 bits per heavy atom. The van der Waals surface area contributed by atoms with E-state index in [2.05, 4.69) is 41.2 Å². The van der Waals surface area contributed by atoms with Crippen LogP contribution in [-0.4, -0.2) is 79.2 Å². The molecule has 0 N–H and O–H groups in total. The molecular formula is C27H40N4O3. The van der Waals surface area contributed by atoms with Crippen LogP contribution < -0.4 is 4.74 Å². The van der Waals surface area contributed by atoms with Crippen molar-refractivity contribution in [1.29, 1.82) is 0 Å². The highest BCUT2D eigenvalue weighted by Gasteiger charge is 2.25. The van der Waals surface area contributed by atoms with Gasteiger partial charge in [-0.15, -0.1) is 0 Å². The van der Waals surface area contributed by atoms with Crippen molar-refractivity contribution < 1.29 is 14.1 Å². The lowest BCUT2D eigenvalue weighted by Crippen LogP contribution is -2.40. The van der Waals surface area contributed by atoms with Gasteiger partial charge >= 0.3 is 0 Å². The first-order valence-electron chi connectivity index (χ1n) is 13.2. The second-order valence-corrected chi connectivity index (χ2v) is 10.8. The van der Waals surface area contributed by atoms with Crippen LogP contribution in [0.2, 0.25) is 0 Å². The van der Waals surface area contributed by atoms with Crippen molar-refractivity contribution in [3.8, 4) is 5.75 Å². The minimum Gasteiger partial charge on any atom is -0.493 e. The number of piperidine rings is 1. The average molecular weight is 469 g/mol. The van der Waals surface area contributed by atoms with Crippen LogP contribution in [0.5, 0.6) is 5.75 Å². The summed E-state index contributed by atoms with van der Waals surface area (Å²) in [6, 6.07) is 4.26. The highest BCUT2D eigenvalue weighted by atomic mass is 16.5. The number of rotatable bonds is 11. The Morgan fingerprint density at radius 2 is 1.91 bits per heavy atom. The van der Waals surface area contributed by atoms with E-state index in [1.165, 1.54) is 25.7 Å². The summed E-state index contributed by atoms with van der Waals surface area (Å²) in [5, 5.41) is 5.64. The molecule has 0 spiro atoms. The van der Waals surface area contributed by atoms with Crippen LogP contribution in [0.4, 0.5) is 0 Å². The first kappa shape index (κ1) is 23.6. The third-order valence-corrected chi connectivity index (χ3v) is 7.78. The normalized spacial score (nSPS) is 20.2. The smallest absolute Gasteiger partial charge is 0.222 e. The van der Waals surface area contributed by atoms with Crippen LogP contribution >= 0.6 is 0 Å². The molecule has 1 saturated carbocycles. The third kappa shape index (κ3) is 5.74. The van der Waals surface area contributed by atoms with Crippen molar-refractivity contribution in [1.82, 2.24) is 19.9 Å². The number of carbonyl (C=O) groups is 1. The molecule has 3 fully saturated rings. The van der Waals surface area contributed by atoms with Crippen molar-refractivity contribution >= 4 is 16.9 Å². The van der Waals surface area contributed by atoms with Crippen LogP contribution in [0.3, 0.4) is 0 Å². The third-order valence-electron chi connectivity index (χ3n) is 7.78. The van der Waals surface area contributed by atoms with Crippen LogP contribution in [0.1, 0.15) is 56.2 Å². The quantitative estimate of drug-likeness (QED) is 0.498. The van der Waals surface area contributed by atoms with Gasteiger partial charge < -0.3 is 24.0 Å². The molecular weight excluding hydrogens is 428 g/mol. The lowest BCUT2D eigenvalue weighted by Gasteiger charge is -2.33. The molecule has 0 bridgehead atoms. The van der Waals surface area contributed by atoms with E-state index >= 15 is 0 Å². The number of aromatic nitrogens is 1. The molecule has 34 heavy (non-hydrogen) atoms. The Bertz CT molecular complexity index is 976.